The number of benzene rings is 2. The average Bonchev–Trinajstić information content (AvgIpc) is 3.12. The van der Waals surface area contributed by atoms with Gasteiger partial charge in [-0.15, -0.1) is 0 Å². The van der Waals surface area contributed by atoms with Crippen molar-refractivity contribution in [3.05, 3.63) is 70.8 Å². The summed E-state index contributed by atoms with van der Waals surface area (Å²) in [6, 6.07) is 13.5. The highest BCUT2D eigenvalue weighted by Gasteiger charge is 2.54. The standard InChI is InChI=1S/C24H26N2O5/c1-16-6-5-8-18(14-16)21(27)25-12-10-24(11-13-25)26(20(15-31-24)23(29)30)22(28)19-9-4-3-7-17(19)2/h3-9,14,20H,10-13,15H2,1-2H3,(H,29,30)/t20-/m1/s1. The van der Waals surface area contributed by atoms with Gasteiger partial charge in [0.1, 0.15) is 5.72 Å². The van der Waals surface area contributed by atoms with Crippen LogP contribution in [-0.4, -0.2) is 64.2 Å². The second-order valence-electron chi connectivity index (χ2n) is 8.26. The number of hydrogen-bond acceptors (Lipinski definition) is 4. The van der Waals surface area contributed by atoms with Gasteiger partial charge in [0.25, 0.3) is 11.8 Å². The number of carboxylic acid groups (broad SMARTS) is 1. The van der Waals surface area contributed by atoms with Crippen LogP contribution in [0.1, 0.15) is 44.7 Å². The number of aliphatic carboxylic acids is 1. The number of ether oxygens (including phenoxy) is 1. The Morgan fingerprint density at radius 3 is 2.35 bits per heavy atom. The van der Waals surface area contributed by atoms with Crippen molar-refractivity contribution < 1.29 is 24.2 Å². The van der Waals surface area contributed by atoms with E-state index in [1.807, 2.05) is 44.2 Å². The van der Waals surface area contributed by atoms with Crippen LogP contribution in [-0.2, 0) is 9.53 Å². The average molecular weight is 422 g/mol. The second-order valence-corrected chi connectivity index (χ2v) is 8.26. The summed E-state index contributed by atoms with van der Waals surface area (Å²) in [5.41, 5.74) is 1.87. The first-order valence-electron chi connectivity index (χ1n) is 10.4. The molecular formula is C24H26N2O5. The minimum atomic E-state index is -1.09. The van der Waals surface area contributed by atoms with Crippen LogP contribution in [0.25, 0.3) is 0 Å². The third kappa shape index (κ3) is 3.81. The molecule has 0 bridgehead atoms. The Balaban J connectivity index is 1.58. The number of piperidine rings is 1. The number of carbonyl (C=O) groups is 3. The molecular weight excluding hydrogens is 396 g/mol. The monoisotopic (exact) mass is 422 g/mol. The number of nitrogens with zero attached hydrogens (tertiary/aromatic N) is 2. The first-order valence-corrected chi connectivity index (χ1v) is 10.4. The number of carbonyl (C=O) groups excluding carboxylic acids is 2. The largest absolute Gasteiger partial charge is 0.480 e. The molecule has 4 rings (SSSR count). The topological polar surface area (TPSA) is 87.2 Å². The summed E-state index contributed by atoms with van der Waals surface area (Å²) in [5.74, 6) is -1.50. The molecule has 2 fully saturated rings. The van der Waals surface area contributed by atoms with Gasteiger partial charge < -0.3 is 14.7 Å². The Bertz CT molecular complexity index is 1030. The highest BCUT2D eigenvalue weighted by atomic mass is 16.5. The molecule has 162 valence electrons. The molecule has 0 unspecified atom stereocenters. The van der Waals surface area contributed by atoms with Crippen LogP contribution in [0.3, 0.4) is 0 Å². The third-order valence-electron chi connectivity index (χ3n) is 6.24. The van der Waals surface area contributed by atoms with Crippen molar-refractivity contribution in [2.24, 2.45) is 0 Å². The summed E-state index contributed by atoms with van der Waals surface area (Å²) in [6.45, 7) is 4.48. The van der Waals surface area contributed by atoms with Gasteiger partial charge in [-0.2, -0.15) is 0 Å². The molecule has 2 aliphatic rings. The maximum Gasteiger partial charge on any atom is 0.328 e. The quantitative estimate of drug-likeness (QED) is 0.822. The van der Waals surface area contributed by atoms with E-state index in [-0.39, 0.29) is 18.4 Å². The van der Waals surface area contributed by atoms with E-state index < -0.39 is 17.7 Å². The number of likely N-dealkylation sites (tertiary alicyclic amines) is 1. The van der Waals surface area contributed by atoms with Crippen LogP contribution >= 0.6 is 0 Å². The van der Waals surface area contributed by atoms with Gasteiger partial charge in [0.2, 0.25) is 0 Å². The van der Waals surface area contributed by atoms with Crippen molar-refractivity contribution in [3.63, 3.8) is 0 Å². The zero-order valence-electron chi connectivity index (χ0n) is 17.7. The molecule has 7 nitrogen and oxygen atoms in total. The summed E-state index contributed by atoms with van der Waals surface area (Å²) in [7, 11) is 0. The van der Waals surface area contributed by atoms with Crippen LogP contribution < -0.4 is 0 Å². The van der Waals surface area contributed by atoms with E-state index in [9.17, 15) is 19.5 Å². The van der Waals surface area contributed by atoms with Gasteiger partial charge in [-0.25, -0.2) is 4.79 Å². The molecule has 2 aliphatic heterocycles. The molecule has 2 heterocycles. The van der Waals surface area contributed by atoms with Gasteiger partial charge in [-0.1, -0.05) is 35.9 Å². The minimum absolute atomic E-state index is 0.0568. The van der Waals surface area contributed by atoms with Crippen LogP contribution in [0.2, 0.25) is 0 Å². The van der Waals surface area contributed by atoms with Gasteiger partial charge in [0.15, 0.2) is 6.04 Å². The number of hydrogen-bond donors (Lipinski definition) is 1. The summed E-state index contributed by atoms with van der Waals surface area (Å²) in [6.07, 6.45) is 0.734. The molecule has 1 atom stereocenters. The molecule has 1 N–H and O–H groups in total. The predicted molar refractivity (Wildman–Crippen MR) is 114 cm³/mol. The van der Waals surface area contributed by atoms with Gasteiger partial charge in [0, 0.05) is 37.1 Å². The SMILES string of the molecule is Cc1cccc(C(=O)N2CCC3(CC2)OC[C@H](C(=O)O)N3C(=O)c2ccccc2C)c1. The van der Waals surface area contributed by atoms with E-state index in [0.717, 1.165) is 11.1 Å². The molecule has 0 aliphatic carbocycles. The zero-order valence-corrected chi connectivity index (χ0v) is 17.7. The fourth-order valence-electron chi connectivity index (χ4n) is 4.52. The third-order valence-corrected chi connectivity index (χ3v) is 6.24. The minimum Gasteiger partial charge on any atom is -0.480 e. The second kappa shape index (κ2) is 8.15. The van der Waals surface area contributed by atoms with Crippen molar-refractivity contribution >= 4 is 17.8 Å². The predicted octanol–water partition coefficient (Wildman–Crippen LogP) is 2.86. The number of amides is 2. The van der Waals surface area contributed by atoms with E-state index in [1.54, 1.807) is 23.1 Å². The maximum absolute atomic E-state index is 13.4. The Labute approximate surface area is 181 Å². The summed E-state index contributed by atoms with van der Waals surface area (Å²) < 4.78 is 5.99. The summed E-state index contributed by atoms with van der Waals surface area (Å²) in [5, 5.41) is 9.74. The number of carboxylic acids is 1. The molecule has 1 spiro atoms. The van der Waals surface area contributed by atoms with Crippen LogP contribution in [0, 0.1) is 13.8 Å². The van der Waals surface area contributed by atoms with Gasteiger partial charge in [-0.3, -0.25) is 14.5 Å². The normalized spacial score (nSPS) is 20.1. The smallest absolute Gasteiger partial charge is 0.328 e. The van der Waals surface area contributed by atoms with Crippen LogP contribution in [0.15, 0.2) is 48.5 Å². The molecule has 7 heteroatoms. The van der Waals surface area contributed by atoms with E-state index in [1.165, 1.54) is 4.90 Å². The highest BCUT2D eigenvalue weighted by Crippen LogP contribution is 2.39. The van der Waals surface area contributed by atoms with Crippen molar-refractivity contribution in [1.29, 1.82) is 0 Å². The number of aryl methyl sites for hydroxylation is 2. The Morgan fingerprint density at radius 1 is 1.00 bits per heavy atom. The van der Waals surface area contributed by atoms with E-state index >= 15 is 0 Å². The summed E-state index contributed by atoms with van der Waals surface area (Å²) >= 11 is 0. The molecule has 0 saturated carbocycles. The molecule has 2 aromatic rings. The lowest BCUT2D eigenvalue weighted by Gasteiger charge is -2.44. The fourth-order valence-corrected chi connectivity index (χ4v) is 4.52. The first kappa shape index (κ1) is 21.1. The Kier molecular flexibility index (Phi) is 5.54. The molecule has 2 saturated heterocycles. The molecule has 2 aromatic carbocycles. The van der Waals surface area contributed by atoms with Crippen molar-refractivity contribution in [2.45, 2.75) is 38.5 Å². The van der Waals surface area contributed by atoms with Crippen molar-refractivity contribution in [2.75, 3.05) is 19.7 Å². The maximum atomic E-state index is 13.4. The number of rotatable bonds is 3. The highest BCUT2D eigenvalue weighted by molar-refractivity contribution is 5.99. The van der Waals surface area contributed by atoms with Crippen LogP contribution in [0.5, 0.6) is 0 Å². The lowest BCUT2D eigenvalue weighted by molar-refractivity contribution is -0.143. The van der Waals surface area contributed by atoms with Crippen LogP contribution in [0.4, 0.5) is 0 Å². The van der Waals surface area contributed by atoms with Gasteiger partial charge >= 0.3 is 5.97 Å². The zero-order chi connectivity index (χ0) is 22.2. The fraction of sp³-hybridized carbons (Fsp3) is 0.375. The van der Waals surface area contributed by atoms with E-state index in [2.05, 4.69) is 0 Å². The summed E-state index contributed by atoms with van der Waals surface area (Å²) in [4.78, 5) is 41.4. The van der Waals surface area contributed by atoms with E-state index in [0.29, 0.717) is 37.1 Å². The first-order chi connectivity index (χ1) is 14.8. The van der Waals surface area contributed by atoms with Gasteiger partial charge in [0.05, 0.1) is 6.61 Å². The Morgan fingerprint density at radius 2 is 1.71 bits per heavy atom. The lowest BCUT2D eigenvalue weighted by Crippen LogP contribution is -2.58. The van der Waals surface area contributed by atoms with Crippen molar-refractivity contribution in [1.82, 2.24) is 9.80 Å². The molecule has 0 radical (unpaired) electrons. The van der Waals surface area contributed by atoms with Gasteiger partial charge in [-0.05, 0) is 37.6 Å². The molecule has 2 amide bonds. The Hall–Kier alpha value is -3.19. The van der Waals surface area contributed by atoms with Crippen molar-refractivity contribution in [3.8, 4) is 0 Å². The molecule has 31 heavy (non-hydrogen) atoms. The molecule has 0 aromatic heterocycles. The van der Waals surface area contributed by atoms with E-state index in [4.69, 9.17) is 4.74 Å². The lowest BCUT2D eigenvalue weighted by atomic mass is 9.95.